The van der Waals surface area contributed by atoms with Crippen LogP contribution < -0.4 is 24.8 Å². The zero-order valence-corrected chi connectivity index (χ0v) is 17.1. The number of nitrogens with one attached hydrogen (secondary N) is 2. The van der Waals surface area contributed by atoms with Crippen LogP contribution in [0.1, 0.15) is 24.5 Å². The number of ether oxygens (including phenoxy) is 3. The second kappa shape index (κ2) is 10.6. The number of hydrogen-bond acceptors (Lipinski definition) is 5. The summed E-state index contributed by atoms with van der Waals surface area (Å²) in [5.74, 6) is 0.976. The topological polar surface area (TPSA) is 68.8 Å². The first-order valence-corrected chi connectivity index (χ1v) is 9.34. The minimum Gasteiger partial charge on any atom is -0.493 e. The van der Waals surface area contributed by atoms with Gasteiger partial charge in [0.25, 0.3) is 0 Å². The van der Waals surface area contributed by atoms with Crippen molar-refractivity contribution in [1.29, 1.82) is 0 Å². The number of carbonyl (C=O) groups excluding carboxylic acids is 1. The van der Waals surface area contributed by atoms with Crippen LogP contribution in [0.25, 0.3) is 0 Å². The molecule has 0 spiro atoms. The van der Waals surface area contributed by atoms with E-state index in [1.54, 1.807) is 18.2 Å². The van der Waals surface area contributed by atoms with Crippen molar-refractivity contribution in [1.82, 2.24) is 5.32 Å². The van der Waals surface area contributed by atoms with Gasteiger partial charge >= 0.3 is 6.18 Å². The van der Waals surface area contributed by atoms with E-state index in [2.05, 4.69) is 10.6 Å². The Hall–Kier alpha value is -3.10. The molecular formula is C21H25F3N2O4. The molecular weight excluding hydrogens is 401 g/mol. The van der Waals surface area contributed by atoms with Crippen LogP contribution in [0.5, 0.6) is 17.2 Å². The maximum atomic E-state index is 13.0. The molecule has 0 saturated heterocycles. The minimum absolute atomic E-state index is 0.111. The molecule has 2 aromatic rings. The van der Waals surface area contributed by atoms with Gasteiger partial charge in [0.2, 0.25) is 5.91 Å². The van der Waals surface area contributed by atoms with E-state index in [4.69, 9.17) is 14.2 Å². The Morgan fingerprint density at radius 2 is 1.70 bits per heavy atom. The van der Waals surface area contributed by atoms with E-state index in [1.807, 2.05) is 6.92 Å². The molecule has 0 bridgehead atoms. The molecule has 0 atom stereocenters. The molecule has 6 nitrogen and oxygen atoms in total. The highest BCUT2D eigenvalue weighted by atomic mass is 19.4. The van der Waals surface area contributed by atoms with Crippen molar-refractivity contribution in [2.75, 3.05) is 32.7 Å². The third kappa shape index (κ3) is 6.47. The van der Waals surface area contributed by atoms with Gasteiger partial charge in [-0.3, -0.25) is 4.79 Å². The molecule has 2 rings (SSSR count). The van der Waals surface area contributed by atoms with Crippen molar-refractivity contribution in [2.45, 2.75) is 26.1 Å². The van der Waals surface area contributed by atoms with Crippen LogP contribution in [-0.2, 0) is 17.5 Å². The number of methoxy groups -OCH3 is 2. The molecule has 0 unspecified atom stereocenters. The van der Waals surface area contributed by atoms with Gasteiger partial charge in [0.1, 0.15) is 5.75 Å². The molecule has 0 radical (unpaired) electrons. The SMILES string of the molecule is CCCOc1ccc(C(F)(F)F)cc1NCC(=O)NCc1ccc(OC)c(OC)c1. The highest BCUT2D eigenvalue weighted by molar-refractivity contribution is 5.81. The Bertz CT molecular complexity index is 857. The first-order valence-electron chi connectivity index (χ1n) is 9.34. The highest BCUT2D eigenvalue weighted by Crippen LogP contribution is 2.35. The lowest BCUT2D eigenvalue weighted by atomic mass is 10.1. The predicted octanol–water partition coefficient (Wildman–Crippen LogP) is 4.24. The summed E-state index contributed by atoms with van der Waals surface area (Å²) in [5.41, 5.74) is 0.0752. The maximum Gasteiger partial charge on any atom is 0.416 e. The highest BCUT2D eigenvalue weighted by Gasteiger charge is 2.31. The van der Waals surface area contributed by atoms with Crippen LogP contribution in [0.3, 0.4) is 0 Å². The van der Waals surface area contributed by atoms with Crippen molar-refractivity contribution >= 4 is 11.6 Å². The minimum atomic E-state index is -4.49. The van der Waals surface area contributed by atoms with E-state index < -0.39 is 11.7 Å². The third-order valence-corrected chi connectivity index (χ3v) is 4.15. The van der Waals surface area contributed by atoms with E-state index in [0.29, 0.717) is 24.5 Å². The van der Waals surface area contributed by atoms with Gasteiger partial charge < -0.3 is 24.8 Å². The van der Waals surface area contributed by atoms with Gasteiger partial charge in [-0.2, -0.15) is 13.2 Å². The number of hydrogen-bond donors (Lipinski definition) is 2. The van der Waals surface area contributed by atoms with Crippen molar-refractivity contribution in [2.24, 2.45) is 0 Å². The summed E-state index contributed by atoms with van der Waals surface area (Å²) in [6.07, 6.45) is -3.79. The second-order valence-corrected chi connectivity index (χ2v) is 6.38. The molecule has 0 saturated carbocycles. The van der Waals surface area contributed by atoms with Crippen LogP contribution >= 0.6 is 0 Å². The smallest absolute Gasteiger partial charge is 0.416 e. The fourth-order valence-electron chi connectivity index (χ4n) is 2.61. The molecule has 0 heterocycles. The summed E-state index contributed by atoms with van der Waals surface area (Å²) in [4.78, 5) is 12.2. The number of anilines is 1. The molecule has 164 valence electrons. The van der Waals surface area contributed by atoms with Gasteiger partial charge in [-0.1, -0.05) is 13.0 Å². The van der Waals surface area contributed by atoms with Gasteiger partial charge in [0.05, 0.1) is 38.6 Å². The number of amides is 1. The van der Waals surface area contributed by atoms with Gasteiger partial charge in [-0.15, -0.1) is 0 Å². The molecule has 0 aliphatic heterocycles. The molecule has 30 heavy (non-hydrogen) atoms. The van der Waals surface area contributed by atoms with Crippen LogP contribution in [0.15, 0.2) is 36.4 Å². The average molecular weight is 426 g/mol. The van der Waals surface area contributed by atoms with E-state index in [-0.39, 0.29) is 30.4 Å². The van der Waals surface area contributed by atoms with E-state index in [0.717, 1.165) is 17.7 Å². The maximum absolute atomic E-state index is 13.0. The molecule has 0 aliphatic rings. The number of rotatable bonds is 10. The second-order valence-electron chi connectivity index (χ2n) is 6.38. The summed E-state index contributed by atoms with van der Waals surface area (Å²) in [7, 11) is 3.04. The molecule has 9 heteroatoms. The summed E-state index contributed by atoms with van der Waals surface area (Å²) >= 11 is 0. The lowest BCUT2D eigenvalue weighted by Gasteiger charge is -2.16. The molecule has 0 aliphatic carbocycles. The van der Waals surface area contributed by atoms with Crippen LogP contribution in [0.4, 0.5) is 18.9 Å². The Balaban J connectivity index is 2.01. The molecule has 1 amide bonds. The molecule has 2 aromatic carbocycles. The lowest BCUT2D eigenvalue weighted by Crippen LogP contribution is -2.29. The van der Waals surface area contributed by atoms with Crippen molar-refractivity contribution < 1.29 is 32.2 Å². The quantitative estimate of drug-likeness (QED) is 0.595. The summed E-state index contributed by atoms with van der Waals surface area (Å²) in [5, 5.41) is 5.43. The fraction of sp³-hybridized carbons (Fsp3) is 0.381. The van der Waals surface area contributed by atoms with Crippen LogP contribution in [-0.4, -0.2) is 33.3 Å². The normalized spacial score (nSPS) is 11.0. The number of carbonyl (C=O) groups is 1. The zero-order valence-electron chi connectivity index (χ0n) is 17.1. The Morgan fingerprint density at radius 3 is 2.33 bits per heavy atom. The number of halogens is 3. The summed E-state index contributed by atoms with van der Waals surface area (Å²) in [6, 6.07) is 8.37. The van der Waals surface area contributed by atoms with Gasteiger partial charge in [-0.05, 0) is 42.3 Å². The van der Waals surface area contributed by atoms with Crippen LogP contribution in [0.2, 0.25) is 0 Å². The van der Waals surface area contributed by atoms with Crippen molar-refractivity contribution in [3.8, 4) is 17.2 Å². The monoisotopic (exact) mass is 426 g/mol. The largest absolute Gasteiger partial charge is 0.493 e. The first kappa shape index (κ1) is 23.2. The van der Waals surface area contributed by atoms with E-state index in [1.165, 1.54) is 20.3 Å². The average Bonchev–Trinajstić information content (AvgIpc) is 2.73. The van der Waals surface area contributed by atoms with Gasteiger partial charge in [-0.25, -0.2) is 0 Å². The zero-order chi connectivity index (χ0) is 22.1. The van der Waals surface area contributed by atoms with Crippen molar-refractivity contribution in [3.05, 3.63) is 47.5 Å². The van der Waals surface area contributed by atoms with Gasteiger partial charge in [0, 0.05) is 6.54 Å². The Labute approximate surface area is 173 Å². The molecule has 2 N–H and O–H groups in total. The van der Waals surface area contributed by atoms with Crippen LogP contribution in [0, 0.1) is 0 Å². The Morgan fingerprint density at radius 1 is 1.00 bits per heavy atom. The number of benzene rings is 2. The molecule has 0 aromatic heterocycles. The summed E-state index contributed by atoms with van der Waals surface area (Å²) < 4.78 is 54.9. The third-order valence-electron chi connectivity index (χ3n) is 4.15. The predicted molar refractivity (Wildman–Crippen MR) is 107 cm³/mol. The fourth-order valence-corrected chi connectivity index (χ4v) is 2.61. The number of alkyl halides is 3. The molecule has 0 fully saturated rings. The standard InChI is InChI=1S/C21H25F3N2O4/c1-4-9-30-17-8-6-15(21(22,23)24)11-16(17)25-13-20(27)26-12-14-5-7-18(28-2)19(10-14)29-3/h5-8,10-11,25H,4,9,12-13H2,1-3H3,(H,26,27). The lowest BCUT2D eigenvalue weighted by molar-refractivity contribution is -0.137. The van der Waals surface area contributed by atoms with Gasteiger partial charge in [0.15, 0.2) is 11.5 Å². The summed E-state index contributed by atoms with van der Waals surface area (Å²) in [6.45, 7) is 2.25. The van der Waals surface area contributed by atoms with E-state index in [9.17, 15) is 18.0 Å². The van der Waals surface area contributed by atoms with E-state index >= 15 is 0 Å². The Kier molecular flexibility index (Phi) is 8.20. The van der Waals surface area contributed by atoms with Crippen molar-refractivity contribution in [3.63, 3.8) is 0 Å². The first-order chi connectivity index (χ1) is 14.3.